The number of hydrogen-bond acceptors (Lipinski definition) is 3. The van der Waals surface area contributed by atoms with Crippen LogP contribution in [0.5, 0.6) is 0 Å². The summed E-state index contributed by atoms with van der Waals surface area (Å²) in [6.07, 6.45) is 1.88. The molecule has 2 rings (SSSR count). The predicted molar refractivity (Wildman–Crippen MR) is 66.9 cm³/mol. The van der Waals surface area contributed by atoms with E-state index in [1.807, 2.05) is 13.0 Å². The summed E-state index contributed by atoms with van der Waals surface area (Å²) in [5, 5.41) is 0. The van der Waals surface area contributed by atoms with E-state index in [1.54, 1.807) is 22.5 Å². The van der Waals surface area contributed by atoms with Crippen LogP contribution < -0.4 is 5.73 Å². The second kappa shape index (κ2) is 4.76. The van der Waals surface area contributed by atoms with Crippen molar-refractivity contribution in [3.8, 4) is 0 Å². The number of rotatable bonds is 3. The standard InChI is InChI=1S/C12H18N2O2S/c1-10-4-3-7-14(10)17(15,16)12-6-2-5-11(8-12)9-13/h2,5-6,8,10H,3-4,7,9,13H2,1H3. The Morgan fingerprint density at radius 2 is 2.24 bits per heavy atom. The monoisotopic (exact) mass is 254 g/mol. The average Bonchev–Trinajstić information content (AvgIpc) is 2.76. The van der Waals surface area contributed by atoms with Crippen LogP contribution in [0.2, 0.25) is 0 Å². The fraction of sp³-hybridized carbons (Fsp3) is 0.500. The molecule has 1 aliphatic heterocycles. The lowest BCUT2D eigenvalue weighted by Gasteiger charge is -2.21. The molecule has 0 aromatic heterocycles. The lowest BCUT2D eigenvalue weighted by atomic mass is 10.2. The van der Waals surface area contributed by atoms with Crippen molar-refractivity contribution in [1.29, 1.82) is 0 Å². The molecule has 0 amide bonds. The molecule has 1 unspecified atom stereocenters. The molecule has 1 aromatic rings. The van der Waals surface area contributed by atoms with Crippen molar-refractivity contribution < 1.29 is 8.42 Å². The highest BCUT2D eigenvalue weighted by atomic mass is 32.2. The molecule has 0 spiro atoms. The van der Waals surface area contributed by atoms with Crippen LogP contribution >= 0.6 is 0 Å². The van der Waals surface area contributed by atoms with Crippen LogP contribution in [-0.2, 0) is 16.6 Å². The molecule has 0 radical (unpaired) electrons. The minimum atomic E-state index is -3.34. The third kappa shape index (κ3) is 2.36. The van der Waals surface area contributed by atoms with E-state index in [0.29, 0.717) is 18.0 Å². The Bertz CT molecular complexity index is 499. The van der Waals surface area contributed by atoms with Gasteiger partial charge in [-0.3, -0.25) is 0 Å². The summed E-state index contributed by atoms with van der Waals surface area (Å²) in [6, 6.07) is 6.99. The van der Waals surface area contributed by atoms with Crippen LogP contribution in [0, 0.1) is 0 Å². The van der Waals surface area contributed by atoms with Crippen molar-refractivity contribution >= 4 is 10.0 Å². The third-order valence-corrected chi connectivity index (χ3v) is 5.24. The Morgan fingerprint density at radius 3 is 2.82 bits per heavy atom. The van der Waals surface area contributed by atoms with Crippen molar-refractivity contribution in [3.05, 3.63) is 29.8 Å². The molecular weight excluding hydrogens is 236 g/mol. The molecule has 1 atom stereocenters. The maximum Gasteiger partial charge on any atom is 0.243 e. The van der Waals surface area contributed by atoms with Crippen LogP contribution in [0.25, 0.3) is 0 Å². The van der Waals surface area contributed by atoms with Gasteiger partial charge in [0.15, 0.2) is 0 Å². The fourth-order valence-corrected chi connectivity index (χ4v) is 4.00. The summed E-state index contributed by atoms with van der Waals surface area (Å²) >= 11 is 0. The molecule has 2 N–H and O–H groups in total. The number of hydrogen-bond donors (Lipinski definition) is 1. The summed E-state index contributed by atoms with van der Waals surface area (Å²) in [4.78, 5) is 0.356. The molecule has 5 heteroatoms. The van der Waals surface area contributed by atoms with Crippen molar-refractivity contribution in [2.45, 2.75) is 37.2 Å². The Balaban J connectivity index is 2.37. The second-order valence-corrected chi connectivity index (χ2v) is 6.35. The van der Waals surface area contributed by atoms with Crippen LogP contribution in [0.15, 0.2) is 29.2 Å². The summed E-state index contributed by atoms with van der Waals surface area (Å²) in [5.41, 5.74) is 6.38. The van der Waals surface area contributed by atoms with Gasteiger partial charge in [-0.1, -0.05) is 12.1 Å². The molecule has 1 saturated heterocycles. The van der Waals surface area contributed by atoms with Crippen molar-refractivity contribution in [2.24, 2.45) is 5.73 Å². The molecule has 0 bridgehead atoms. The third-order valence-electron chi connectivity index (χ3n) is 3.23. The van der Waals surface area contributed by atoms with Gasteiger partial charge in [0, 0.05) is 19.1 Å². The van der Waals surface area contributed by atoms with E-state index in [-0.39, 0.29) is 6.04 Å². The van der Waals surface area contributed by atoms with Gasteiger partial charge in [0.2, 0.25) is 10.0 Å². The fourth-order valence-electron chi connectivity index (χ4n) is 2.23. The first-order valence-corrected chi connectivity index (χ1v) is 7.30. The normalized spacial score (nSPS) is 21.9. The van der Waals surface area contributed by atoms with E-state index in [0.717, 1.165) is 18.4 Å². The molecule has 1 aliphatic rings. The molecule has 0 saturated carbocycles. The lowest BCUT2D eigenvalue weighted by Crippen LogP contribution is -2.33. The van der Waals surface area contributed by atoms with Gasteiger partial charge in [-0.2, -0.15) is 4.31 Å². The lowest BCUT2D eigenvalue weighted by molar-refractivity contribution is 0.408. The zero-order valence-electron chi connectivity index (χ0n) is 9.96. The summed E-state index contributed by atoms with van der Waals surface area (Å²) in [6.45, 7) is 2.94. The van der Waals surface area contributed by atoms with Crippen molar-refractivity contribution in [1.82, 2.24) is 4.31 Å². The van der Waals surface area contributed by atoms with E-state index in [4.69, 9.17) is 5.73 Å². The SMILES string of the molecule is CC1CCCN1S(=O)(=O)c1cccc(CN)c1. The Morgan fingerprint density at radius 1 is 1.47 bits per heavy atom. The van der Waals surface area contributed by atoms with Gasteiger partial charge in [-0.15, -0.1) is 0 Å². The molecule has 94 valence electrons. The summed E-state index contributed by atoms with van der Waals surface area (Å²) < 4.78 is 26.4. The molecule has 1 aromatic carbocycles. The average molecular weight is 254 g/mol. The molecular formula is C12H18N2O2S. The first kappa shape index (κ1) is 12.5. The highest BCUT2D eigenvalue weighted by Gasteiger charge is 2.32. The van der Waals surface area contributed by atoms with Gasteiger partial charge >= 0.3 is 0 Å². The molecule has 1 heterocycles. The van der Waals surface area contributed by atoms with Gasteiger partial charge in [0.05, 0.1) is 4.90 Å². The summed E-state index contributed by atoms with van der Waals surface area (Å²) in [7, 11) is -3.34. The van der Waals surface area contributed by atoms with Crippen LogP contribution in [-0.4, -0.2) is 25.3 Å². The smallest absolute Gasteiger partial charge is 0.243 e. The summed E-state index contributed by atoms with van der Waals surface area (Å²) in [5.74, 6) is 0. The van der Waals surface area contributed by atoms with Gasteiger partial charge in [0.25, 0.3) is 0 Å². The van der Waals surface area contributed by atoms with Crippen LogP contribution in [0.4, 0.5) is 0 Å². The first-order valence-electron chi connectivity index (χ1n) is 5.86. The number of nitrogens with zero attached hydrogens (tertiary/aromatic N) is 1. The van der Waals surface area contributed by atoms with E-state index in [1.165, 1.54) is 0 Å². The van der Waals surface area contributed by atoms with Crippen molar-refractivity contribution in [2.75, 3.05) is 6.54 Å². The number of nitrogens with two attached hydrogens (primary N) is 1. The first-order chi connectivity index (χ1) is 8.05. The van der Waals surface area contributed by atoms with Gasteiger partial charge < -0.3 is 5.73 Å². The Kier molecular flexibility index (Phi) is 3.51. The zero-order valence-corrected chi connectivity index (χ0v) is 10.8. The van der Waals surface area contributed by atoms with Gasteiger partial charge in [-0.05, 0) is 37.5 Å². The van der Waals surface area contributed by atoms with E-state index < -0.39 is 10.0 Å². The largest absolute Gasteiger partial charge is 0.326 e. The second-order valence-electron chi connectivity index (χ2n) is 4.46. The van der Waals surface area contributed by atoms with E-state index >= 15 is 0 Å². The number of benzene rings is 1. The topological polar surface area (TPSA) is 63.4 Å². The van der Waals surface area contributed by atoms with Gasteiger partial charge in [-0.25, -0.2) is 8.42 Å². The molecule has 0 aliphatic carbocycles. The maximum absolute atomic E-state index is 12.4. The highest BCUT2D eigenvalue weighted by molar-refractivity contribution is 7.89. The maximum atomic E-state index is 12.4. The van der Waals surface area contributed by atoms with Crippen molar-refractivity contribution in [3.63, 3.8) is 0 Å². The molecule has 4 nitrogen and oxygen atoms in total. The Labute approximate surface area is 102 Å². The van der Waals surface area contributed by atoms with Crippen LogP contribution in [0.1, 0.15) is 25.3 Å². The molecule has 1 fully saturated rings. The van der Waals surface area contributed by atoms with E-state index in [2.05, 4.69) is 0 Å². The minimum Gasteiger partial charge on any atom is -0.326 e. The Hall–Kier alpha value is -0.910. The zero-order chi connectivity index (χ0) is 12.5. The van der Waals surface area contributed by atoms with E-state index in [9.17, 15) is 8.42 Å². The minimum absolute atomic E-state index is 0.0986. The quantitative estimate of drug-likeness (QED) is 0.884. The molecule has 17 heavy (non-hydrogen) atoms. The number of sulfonamides is 1. The highest BCUT2D eigenvalue weighted by Crippen LogP contribution is 2.25. The van der Waals surface area contributed by atoms with Gasteiger partial charge in [0.1, 0.15) is 0 Å². The van der Waals surface area contributed by atoms with Crippen LogP contribution in [0.3, 0.4) is 0 Å². The predicted octanol–water partition coefficient (Wildman–Crippen LogP) is 1.32.